The predicted octanol–water partition coefficient (Wildman–Crippen LogP) is 2.77. The van der Waals surface area contributed by atoms with E-state index in [1.54, 1.807) is 0 Å². The summed E-state index contributed by atoms with van der Waals surface area (Å²) >= 11 is 0. The molecule has 1 aliphatic carbocycles. The van der Waals surface area contributed by atoms with E-state index in [0.717, 1.165) is 24.5 Å². The Morgan fingerprint density at radius 2 is 1.81 bits per heavy atom. The number of hydrogen-bond donors (Lipinski definition) is 1. The van der Waals surface area contributed by atoms with E-state index in [1.165, 1.54) is 57.9 Å². The van der Waals surface area contributed by atoms with Gasteiger partial charge in [0.25, 0.3) is 0 Å². The van der Waals surface area contributed by atoms with Crippen LogP contribution in [0.4, 0.5) is 0 Å². The number of piperidine rings is 1. The second-order valence-electron chi connectivity index (χ2n) is 5.75. The average molecular weight is 224 g/mol. The Bertz CT molecular complexity index is 197. The first kappa shape index (κ1) is 12.4. The van der Waals surface area contributed by atoms with Crippen molar-refractivity contribution in [1.82, 2.24) is 4.90 Å². The van der Waals surface area contributed by atoms with Crippen LogP contribution in [0.15, 0.2) is 0 Å². The van der Waals surface area contributed by atoms with Crippen LogP contribution in [0.3, 0.4) is 0 Å². The Morgan fingerprint density at radius 3 is 2.50 bits per heavy atom. The van der Waals surface area contributed by atoms with Crippen LogP contribution in [-0.2, 0) is 0 Å². The lowest BCUT2D eigenvalue weighted by Crippen LogP contribution is -2.48. The maximum absolute atomic E-state index is 5.75. The number of likely N-dealkylation sites (tertiary alicyclic amines) is 1. The fraction of sp³-hybridized carbons (Fsp3) is 1.00. The van der Waals surface area contributed by atoms with Crippen LogP contribution in [0, 0.1) is 5.92 Å². The van der Waals surface area contributed by atoms with Crippen molar-refractivity contribution in [2.45, 2.75) is 70.4 Å². The molecule has 0 spiro atoms. The van der Waals surface area contributed by atoms with E-state index in [4.69, 9.17) is 5.73 Å². The SMILES string of the molecule is CC(C1CCCC1)N1CCCCC1CCN. The fourth-order valence-electron chi connectivity index (χ4n) is 3.77. The van der Waals surface area contributed by atoms with E-state index >= 15 is 0 Å². The largest absolute Gasteiger partial charge is 0.330 e. The first-order chi connectivity index (χ1) is 7.83. The normalized spacial score (nSPS) is 30.8. The van der Waals surface area contributed by atoms with Crippen molar-refractivity contribution in [3.05, 3.63) is 0 Å². The maximum Gasteiger partial charge on any atom is 0.0110 e. The molecule has 0 aromatic heterocycles. The van der Waals surface area contributed by atoms with Crippen molar-refractivity contribution in [3.63, 3.8) is 0 Å². The van der Waals surface area contributed by atoms with E-state index in [9.17, 15) is 0 Å². The van der Waals surface area contributed by atoms with Gasteiger partial charge in [0.1, 0.15) is 0 Å². The van der Waals surface area contributed by atoms with Crippen LogP contribution < -0.4 is 5.73 Å². The van der Waals surface area contributed by atoms with Crippen molar-refractivity contribution in [3.8, 4) is 0 Å². The molecular weight excluding hydrogens is 196 g/mol. The third kappa shape index (κ3) is 2.78. The van der Waals surface area contributed by atoms with Gasteiger partial charge >= 0.3 is 0 Å². The highest BCUT2D eigenvalue weighted by molar-refractivity contribution is 4.86. The van der Waals surface area contributed by atoms with Gasteiger partial charge in [0.15, 0.2) is 0 Å². The molecular formula is C14H28N2. The number of hydrogen-bond acceptors (Lipinski definition) is 2. The highest BCUT2D eigenvalue weighted by Gasteiger charge is 2.31. The zero-order valence-corrected chi connectivity index (χ0v) is 10.8. The van der Waals surface area contributed by atoms with Gasteiger partial charge in [-0.15, -0.1) is 0 Å². The van der Waals surface area contributed by atoms with Crippen LogP contribution in [0.1, 0.15) is 58.3 Å². The Kier molecular flexibility index (Phi) is 4.66. The molecule has 2 heteroatoms. The minimum atomic E-state index is 0.786. The number of nitrogens with two attached hydrogens (primary N) is 1. The Hall–Kier alpha value is -0.0800. The van der Waals surface area contributed by atoms with Crippen LogP contribution >= 0.6 is 0 Å². The monoisotopic (exact) mass is 224 g/mol. The van der Waals surface area contributed by atoms with Gasteiger partial charge in [-0.1, -0.05) is 19.3 Å². The van der Waals surface area contributed by atoms with Crippen LogP contribution in [-0.4, -0.2) is 30.1 Å². The minimum absolute atomic E-state index is 0.786. The molecule has 2 N–H and O–H groups in total. The molecule has 0 amide bonds. The lowest BCUT2D eigenvalue weighted by Gasteiger charge is -2.42. The second kappa shape index (κ2) is 6.02. The average Bonchev–Trinajstić information content (AvgIpc) is 2.83. The Morgan fingerprint density at radius 1 is 1.12 bits per heavy atom. The van der Waals surface area contributed by atoms with E-state index in [-0.39, 0.29) is 0 Å². The van der Waals surface area contributed by atoms with Crippen LogP contribution in [0.2, 0.25) is 0 Å². The fourth-order valence-corrected chi connectivity index (χ4v) is 3.77. The molecule has 2 fully saturated rings. The third-order valence-electron chi connectivity index (χ3n) is 4.78. The van der Waals surface area contributed by atoms with E-state index in [0.29, 0.717) is 0 Å². The van der Waals surface area contributed by atoms with E-state index in [1.807, 2.05) is 0 Å². The molecule has 0 aromatic carbocycles. The highest BCUT2D eigenvalue weighted by atomic mass is 15.2. The molecule has 0 aromatic rings. The number of nitrogens with zero attached hydrogens (tertiary/aromatic N) is 1. The second-order valence-corrected chi connectivity index (χ2v) is 5.75. The summed E-state index contributed by atoms with van der Waals surface area (Å²) in [5.41, 5.74) is 5.75. The molecule has 0 radical (unpaired) electrons. The van der Waals surface area contributed by atoms with Gasteiger partial charge < -0.3 is 5.73 Å². The first-order valence-electron chi connectivity index (χ1n) is 7.28. The Balaban J connectivity index is 1.92. The third-order valence-corrected chi connectivity index (χ3v) is 4.78. The van der Waals surface area contributed by atoms with Crippen LogP contribution in [0.5, 0.6) is 0 Å². The van der Waals surface area contributed by atoms with Crippen molar-refractivity contribution in [1.29, 1.82) is 0 Å². The van der Waals surface area contributed by atoms with Crippen molar-refractivity contribution >= 4 is 0 Å². The number of rotatable bonds is 4. The van der Waals surface area contributed by atoms with Crippen molar-refractivity contribution in [2.75, 3.05) is 13.1 Å². The first-order valence-corrected chi connectivity index (χ1v) is 7.28. The molecule has 1 saturated carbocycles. The minimum Gasteiger partial charge on any atom is -0.330 e. The topological polar surface area (TPSA) is 29.3 Å². The summed E-state index contributed by atoms with van der Waals surface area (Å²) in [7, 11) is 0. The van der Waals surface area contributed by atoms with E-state index < -0.39 is 0 Å². The predicted molar refractivity (Wildman–Crippen MR) is 69.4 cm³/mol. The summed E-state index contributed by atoms with van der Waals surface area (Å²) in [6.07, 6.45) is 11.3. The van der Waals surface area contributed by atoms with E-state index in [2.05, 4.69) is 11.8 Å². The van der Waals surface area contributed by atoms with Gasteiger partial charge in [-0.25, -0.2) is 0 Å². The van der Waals surface area contributed by atoms with Gasteiger partial charge in [0, 0.05) is 12.1 Å². The van der Waals surface area contributed by atoms with Crippen LogP contribution in [0.25, 0.3) is 0 Å². The Labute approximate surface area is 101 Å². The zero-order chi connectivity index (χ0) is 11.4. The summed E-state index contributed by atoms with van der Waals surface area (Å²) in [5.74, 6) is 0.971. The zero-order valence-electron chi connectivity index (χ0n) is 10.8. The summed E-state index contributed by atoms with van der Waals surface area (Å²) in [5, 5.41) is 0. The molecule has 1 heterocycles. The molecule has 16 heavy (non-hydrogen) atoms. The molecule has 2 rings (SSSR count). The molecule has 2 nitrogen and oxygen atoms in total. The molecule has 94 valence electrons. The molecule has 1 saturated heterocycles. The smallest absolute Gasteiger partial charge is 0.0110 e. The van der Waals surface area contributed by atoms with Gasteiger partial charge in [-0.05, 0) is 58.0 Å². The summed E-state index contributed by atoms with van der Waals surface area (Å²) in [6.45, 7) is 4.64. The summed E-state index contributed by atoms with van der Waals surface area (Å²) in [6, 6.07) is 1.59. The maximum atomic E-state index is 5.75. The van der Waals surface area contributed by atoms with Crippen molar-refractivity contribution in [2.24, 2.45) is 11.7 Å². The highest BCUT2D eigenvalue weighted by Crippen LogP contribution is 2.33. The molecule has 1 aliphatic heterocycles. The van der Waals surface area contributed by atoms with Gasteiger partial charge in [-0.3, -0.25) is 4.90 Å². The molecule has 0 bridgehead atoms. The molecule has 2 atom stereocenters. The summed E-state index contributed by atoms with van der Waals surface area (Å²) < 4.78 is 0. The summed E-state index contributed by atoms with van der Waals surface area (Å²) in [4.78, 5) is 2.78. The van der Waals surface area contributed by atoms with Gasteiger partial charge in [0.2, 0.25) is 0 Å². The van der Waals surface area contributed by atoms with Gasteiger partial charge in [-0.2, -0.15) is 0 Å². The lowest BCUT2D eigenvalue weighted by atomic mass is 9.91. The molecule has 2 unspecified atom stereocenters. The lowest BCUT2D eigenvalue weighted by molar-refractivity contribution is 0.0681. The molecule has 2 aliphatic rings. The standard InChI is InChI=1S/C14H28N2/c1-12(13-6-2-3-7-13)16-11-5-4-8-14(16)9-10-15/h12-14H,2-11,15H2,1H3. The quantitative estimate of drug-likeness (QED) is 0.795. The van der Waals surface area contributed by atoms with Crippen molar-refractivity contribution < 1.29 is 0 Å². The van der Waals surface area contributed by atoms with Gasteiger partial charge in [0.05, 0.1) is 0 Å².